The number of phenols is 1. The third-order valence-electron chi connectivity index (χ3n) is 1.59. The Labute approximate surface area is 74.4 Å². The van der Waals surface area contributed by atoms with E-state index in [2.05, 4.69) is 0 Å². The predicted octanol–water partition coefficient (Wildman–Crippen LogP) is 0.968. The van der Waals surface area contributed by atoms with Crippen LogP contribution in [0.5, 0.6) is 5.75 Å². The summed E-state index contributed by atoms with van der Waals surface area (Å²) < 4.78 is 0. The van der Waals surface area contributed by atoms with Gasteiger partial charge in [0.25, 0.3) is 5.78 Å². The van der Waals surface area contributed by atoms with E-state index in [4.69, 9.17) is 5.11 Å². The van der Waals surface area contributed by atoms with Crippen molar-refractivity contribution in [2.45, 2.75) is 6.92 Å². The first kappa shape index (κ1) is 9.25. The average Bonchev–Trinajstić information content (AvgIpc) is 2.03. The predicted molar refractivity (Wildman–Crippen MR) is 44.8 cm³/mol. The Bertz CT molecular complexity index is 368. The first-order valence-electron chi connectivity index (χ1n) is 3.59. The zero-order valence-electron chi connectivity index (χ0n) is 6.94. The van der Waals surface area contributed by atoms with Crippen molar-refractivity contribution >= 4 is 11.8 Å². The fourth-order valence-corrected chi connectivity index (χ4v) is 0.949. The standard InChI is InChI=1S/C9H8O4/c1-5-2-3-6(7(10)4-5)8(11)9(12)13/h2-4,10H,1H3,(H,12,13). The molecule has 0 bridgehead atoms. The zero-order valence-corrected chi connectivity index (χ0v) is 6.94. The number of aromatic hydroxyl groups is 1. The van der Waals surface area contributed by atoms with Crippen molar-refractivity contribution in [2.75, 3.05) is 0 Å². The highest BCUT2D eigenvalue weighted by Crippen LogP contribution is 2.18. The number of carboxylic acids is 1. The lowest BCUT2D eigenvalue weighted by atomic mass is 10.1. The van der Waals surface area contributed by atoms with E-state index in [9.17, 15) is 14.7 Å². The van der Waals surface area contributed by atoms with Gasteiger partial charge < -0.3 is 10.2 Å². The third-order valence-corrected chi connectivity index (χ3v) is 1.59. The normalized spacial score (nSPS) is 9.62. The van der Waals surface area contributed by atoms with Crippen LogP contribution in [-0.4, -0.2) is 22.0 Å². The SMILES string of the molecule is Cc1ccc(C(=O)C(=O)O)c(O)c1. The molecule has 0 heterocycles. The number of phenolic OH excluding ortho intramolecular Hbond substituents is 1. The maximum Gasteiger partial charge on any atom is 0.377 e. The van der Waals surface area contributed by atoms with E-state index >= 15 is 0 Å². The fourth-order valence-electron chi connectivity index (χ4n) is 0.949. The molecule has 0 radical (unpaired) electrons. The summed E-state index contributed by atoms with van der Waals surface area (Å²) in [6.45, 7) is 1.73. The second kappa shape index (κ2) is 3.26. The van der Waals surface area contributed by atoms with Crippen molar-refractivity contribution in [1.29, 1.82) is 0 Å². The molecule has 0 saturated heterocycles. The van der Waals surface area contributed by atoms with Crippen molar-refractivity contribution in [3.05, 3.63) is 29.3 Å². The van der Waals surface area contributed by atoms with E-state index in [0.717, 1.165) is 5.56 Å². The number of aliphatic carboxylic acids is 1. The molecule has 68 valence electrons. The van der Waals surface area contributed by atoms with E-state index in [1.807, 2.05) is 0 Å². The molecule has 0 aliphatic rings. The molecule has 4 nitrogen and oxygen atoms in total. The number of ketones is 1. The molecule has 0 aliphatic heterocycles. The summed E-state index contributed by atoms with van der Waals surface area (Å²) in [5, 5.41) is 17.6. The van der Waals surface area contributed by atoms with Gasteiger partial charge in [0.05, 0.1) is 5.56 Å². The van der Waals surface area contributed by atoms with Crippen LogP contribution in [0.1, 0.15) is 15.9 Å². The van der Waals surface area contributed by atoms with Crippen LogP contribution in [0.2, 0.25) is 0 Å². The molecule has 0 amide bonds. The van der Waals surface area contributed by atoms with E-state index in [0.29, 0.717) is 0 Å². The van der Waals surface area contributed by atoms with E-state index < -0.39 is 11.8 Å². The van der Waals surface area contributed by atoms with Crippen LogP contribution in [0.15, 0.2) is 18.2 Å². The minimum atomic E-state index is -1.57. The molecule has 0 atom stereocenters. The molecule has 1 rings (SSSR count). The van der Waals surface area contributed by atoms with Crippen LogP contribution in [0.3, 0.4) is 0 Å². The Kier molecular flexibility index (Phi) is 2.32. The molecule has 0 fully saturated rings. The lowest BCUT2D eigenvalue weighted by Crippen LogP contribution is -2.12. The van der Waals surface area contributed by atoms with Crippen LogP contribution in [0.25, 0.3) is 0 Å². The monoisotopic (exact) mass is 180 g/mol. The molecule has 1 aromatic carbocycles. The molecule has 0 saturated carbocycles. The number of Topliss-reactive ketones (excluding diaryl/α,β-unsaturated/α-hetero) is 1. The van der Waals surface area contributed by atoms with Crippen molar-refractivity contribution in [2.24, 2.45) is 0 Å². The number of hydrogen-bond acceptors (Lipinski definition) is 3. The fraction of sp³-hybridized carbons (Fsp3) is 0.111. The van der Waals surface area contributed by atoms with Gasteiger partial charge in [-0.15, -0.1) is 0 Å². The van der Waals surface area contributed by atoms with Crippen LogP contribution < -0.4 is 0 Å². The first-order chi connectivity index (χ1) is 6.02. The molecule has 1 aromatic rings. The summed E-state index contributed by atoms with van der Waals surface area (Å²) in [4.78, 5) is 21.2. The second-order valence-corrected chi connectivity index (χ2v) is 2.65. The minimum Gasteiger partial charge on any atom is -0.507 e. The van der Waals surface area contributed by atoms with Gasteiger partial charge in [0, 0.05) is 0 Å². The number of carbonyl (C=O) groups excluding carboxylic acids is 1. The maximum atomic E-state index is 10.9. The Hall–Kier alpha value is -1.84. The topological polar surface area (TPSA) is 74.6 Å². The van der Waals surface area contributed by atoms with E-state index in [1.54, 1.807) is 13.0 Å². The van der Waals surface area contributed by atoms with Crippen molar-refractivity contribution in [3.8, 4) is 5.75 Å². The van der Waals surface area contributed by atoms with Crippen LogP contribution in [-0.2, 0) is 4.79 Å². The van der Waals surface area contributed by atoms with Gasteiger partial charge in [-0.05, 0) is 24.6 Å². The number of benzene rings is 1. The molecule has 0 unspecified atom stereocenters. The van der Waals surface area contributed by atoms with Gasteiger partial charge in [-0.3, -0.25) is 4.79 Å². The molecule has 4 heteroatoms. The van der Waals surface area contributed by atoms with Gasteiger partial charge in [-0.25, -0.2) is 4.79 Å². The largest absolute Gasteiger partial charge is 0.507 e. The van der Waals surface area contributed by atoms with Gasteiger partial charge in [-0.1, -0.05) is 6.07 Å². The quantitative estimate of drug-likeness (QED) is 0.525. The summed E-state index contributed by atoms with van der Waals surface area (Å²) in [5.74, 6) is -2.97. The van der Waals surface area contributed by atoms with Gasteiger partial charge >= 0.3 is 5.97 Å². The highest BCUT2D eigenvalue weighted by molar-refractivity contribution is 6.40. The number of hydrogen-bond donors (Lipinski definition) is 2. The number of carbonyl (C=O) groups is 2. The molecule has 13 heavy (non-hydrogen) atoms. The number of carboxylic acid groups (broad SMARTS) is 1. The van der Waals surface area contributed by atoms with Crippen LogP contribution in [0, 0.1) is 6.92 Å². The number of rotatable bonds is 2. The minimum absolute atomic E-state index is 0.182. The van der Waals surface area contributed by atoms with E-state index in [-0.39, 0.29) is 11.3 Å². The van der Waals surface area contributed by atoms with Gasteiger partial charge in [0.15, 0.2) is 0 Å². The first-order valence-corrected chi connectivity index (χ1v) is 3.59. The number of aryl methyl sites for hydroxylation is 1. The van der Waals surface area contributed by atoms with Crippen LogP contribution >= 0.6 is 0 Å². The highest BCUT2D eigenvalue weighted by Gasteiger charge is 2.17. The molecular weight excluding hydrogens is 172 g/mol. The lowest BCUT2D eigenvalue weighted by molar-refractivity contribution is -0.131. The van der Waals surface area contributed by atoms with Crippen molar-refractivity contribution < 1.29 is 19.8 Å². The van der Waals surface area contributed by atoms with Gasteiger partial charge in [0.1, 0.15) is 5.75 Å². The summed E-state index contributed by atoms with van der Waals surface area (Å²) >= 11 is 0. The Balaban J connectivity index is 3.16. The van der Waals surface area contributed by atoms with Gasteiger partial charge in [0.2, 0.25) is 0 Å². The molecule has 0 spiro atoms. The van der Waals surface area contributed by atoms with E-state index in [1.165, 1.54) is 12.1 Å². The Morgan fingerprint density at radius 1 is 1.31 bits per heavy atom. The molecular formula is C9H8O4. The Morgan fingerprint density at radius 2 is 1.92 bits per heavy atom. The maximum absolute atomic E-state index is 10.9. The summed E-state index contributed by atoms with van der Waals surface area (Å²) in [6.07, 6.45) is 0. The third kappa shape index (κ3) is 1.84. The lowest BCUT2D eigenvalue weighted by Gasteiger charge is -2.00. The zero-order chi connectivity index (χ0) is 10.0. The smallest absolute Gasteiger partial charge is 0.377 e. The summed E-state index contributed by atoms with van der Waals surface area (Å²) in [7, 11) is 0. The second-order valence-electron chi connectivity index (χ2n) is 2.65. The molecule has 0 aromatic heterocycles. The van der Waals surface area contributed by atoms with Crippen molar-refractivity contribution in [3.63, 3.8) is 0 Å². The van der Waals surface area contributed by atoms with Crippen LogP contribution in [0.4, 0.5) is 0 Å². The summed E-state index contributed by atoms with van der Waals surface area (Å²) in [6, 6.07) is 4.20. The highest BCUT2D eigenvalue weighted by atomic mass is 16.4. The Morgan fingerprint density at radius 3 is 2.38 bits per heavy atom. The molecule has 0 aliphatic carbocycles. The molecule has 2 N–H and O–H groups in total. The summed E-state index contributed by atoms with van der Waals surface area (Å²) in [5.41, 5.74) is 0.581. The van der Waals surface area contributed by atoms with Crippen molar-refractivity contribution in [1.82, 2.24) is 0 Å². The van der Waals surface area contributed by atoms with Gasteiger partial charge in [-0.2, -0.15) is 0 Å². The average molecular weight is 180 g/mol.